The number of halogens is 1. The van der Waals surface area contributed by atoms with Gasteiger partial charge in [0.25, 0.3) is 0 Å². The first-order valence-electron chi connectivity index (χ1n) is 6.01. The van der Waals surface area contributed by atoms with Gasteiger partial charge in [0, 0.05) is 10.8 Å². The number of hydrogen-bond donors (Lipinski definition) is 3. The number of carboxylic acid groups (broad SMARTS) is 1. The Labute approximate surface area is 131 Å². The van der Waals surface area contributed by atoms with E-state index in [-0.39, 0.29) is 5.75 Å². The smallest absolute Gasteiger partial charge is 0.326 e. The second kappa shape index (κ2) is 8.53. The second-order valence-electron chi connectivity index (χ2n) is 4.25. The molecule has 114 valence electrons. The summed E-state index contributed by atoms with van der Waals surface area (Å²) in [7, 11) is 0. The maximum Gasteiger partial charge on any atom is 0.326 e. The Kier molecular flexibility index (Phi) is 7.04. The van der Waals surface area contributed by atoms with E-state index >= 15 is 0 Å². The van der Waals surface area contributed by atoms with Gasteiger partial charge < -0.3 is 16.2 Å². The first-order chi connectivity index (χ1) is 9.88. The summed E-state index contributed by atoms with van der Waals surface area (Å²) in [5.74, 6) is -1.84. The Hall–Kier alpha value is -1.73. The number of nitrogens with two attached hydrogens (primary N) is 1. The van der Waals surface area contributed by atoms with Gasteiger partial charge in [0.1, 0.15) is 6.04 Å². The molecule has 0 aromatic heterocycles. The fraction of sp³-hybridized carbons (Fsp3) is 0.308. The van der Waals surface area contributed by atoms with Gasteiger partial charge in [-0.15, -0.1) is 11.8 Å². The normalized spacial score (nSPS) is 11.7. The van der Waals surface area contributed by atoms with E-state index < -0.39 is 30.2 Å². The number of aliphatic carboxylic acids is 1. The van der Waals surface area contributed by atoms with Gasteiger partial charge in [-0.3, -0.25) is 9.59 Å². The zero-order chi connectivity index (χ0) is 15.8. The van der Waals surface area contributed by atoms with Crippen LogP contribution in [-0.2, 0) is 20.1 Å². The van der Waals surface area contributed by atoms with Gasteiger partial charge >= 0.3 is 5.97 Å². The molecule has 0 saturated heterocycles. The average Bonchev–Trinajstić information content (AvgIpc) is 2.39. The molecule has 0 unspecified atom stereocenters. The third-order valence-electron chi connectivity index (χ3n) is 2.45. The lowest BCUT2D eigenvalue weighted by molar-refractivity contribution is -0.143. The van der Waals surface area contributed by atoms with Crippen LogP contribution in [0, 0.1) is 0 Å². The van der Waals surface area contributed by atoms with Gasteiger partial charge in [0.15, 0.2) is 0 Å². The van der Waals surface area contributed by atoms with E-state index in [1.807, 2.05) is 12.1 Å². The van der Waals surface area contributed by atoms with Crippen LogP contribution in [0.3, 0.4) is 0 Å². The number of amides is 2. The molecule has 2 amide bonds. The lowest BCUT2D eigenvalue weighted by Gasteiger charge is -2.12. The van der Waals surface area contributed by atoms with Crippen molar-refractivity contribution in [2.75, 3.05) is 5.75 Å². The number of carbonyl (C=O) groups is 3. The van der Waals surface area contributed by atoms with E-state index in [9.17, 15) is 14.4 Å². The third-order valence-corrected chi connectivity index (χ3v) is 3.71. The molecule has 6 nitrogen and oxygen atoms in total. The molecule has 1 atom stereocenters. The van der Waals surface area contributed by atoms with Crippen molar-refractivity contribution in [2.24, 2.45) is 5.73 Å². The first kappa shape index (κ1) is 17.3. The summed E-state index contributed by atoms with van der Waals surface area (Å²) in [5.41, 5.74) is 5.93. The molecular formula is C13H15ClN2O4S. The highest BCUT2D eigenvalue weighted by Gasteiger charge is 2.21. The first-order valence-corrected chi connectivity index (χ1v) is 7.54. The quantitative estimate of drug-likeness (QED) is 0.659. The van der Waals surface area contributed by atoms with E-state index in [2.05, 4.69) is 5.32 Å². The van der Waals surface area contributed by atoms with Crippen LogP contribution in [0.1, 0.15) is 12.0 Å². The summed E-state index contributed by atoms with van der Waals surface area (Å²) >= 11 is 7.09. The fourth-order valence-corrected chi connectivity index (χ4v) is 2.40. The van der Waals surface area contributed by atoms with Crippen LogP contribution in [0.5, 0.6) is 0 Å². The number of hydrogen-bond acceptors (Lipinski definition) is 4. The van der Waals surface area contributed by atoms with E-state index in [4.69, 9.17) is 22.4 Å². The van der Waals surface area contributed by atoms with Gasteiger partial charge in [0.2, 0.25) is 11.8 Å². The fourth-order valence-electron chi connectivity index (χ4n) is 1.48. The number of thioether (sulfide) groups is 1. The number of carboxylic acids is 1. The van der Waals surface area contributed by atoms with Crippen LogP contribution >= 0.6 is 23.4 Å². The van der Waals surface area contributed by atoms with Crippen molar-refractivity contribution in [3.8, 4) is 0 Å². The van der Waals surface area contributed by atoms with Crippen LogP contribution in [0.25, 0.3) is 0 Å². The summed E-state index contributed by atoms with van der Waals surface area (Å²) in [6.07, 6.45) is -0.428. The molecule has 0 fully saturated rings. The van der Waals surface area contributed by atoms with Crippen molar-refractivity contribution in [3.05, 3.63) is 34.9 Å². The summed E-state index contributed by atoms with van der Waals surface area (Å²) in [6.45, 7) is 0. The SMILES string of the molecule is NC(=O)C[C@@H](NC(=O)CSCc1ccc(Cl)cc1)C(=O)O. The number of rotatable bonds is 8. The molecule has 1 aromatic carbocycles. The molecule has 0 spiro atoms. The minimum atomic E-state index is -1.29. The Balaban J connectivity index is 2.37. The molecule has 0 aliphatic carbocycles. The van der Waals surface area contributed by atoms with Crippen molar-refractivity contribution in [1.82, 2.24) is 5.32 Å². The zero-order valence-electron chi connectivity index (χ0n) is 11.0. The van der Waals surface area contributed by atoms with Gasteiger partial charge in [0.05, 0.1) is 12.2 Å². The monoisotopic (exact) mass is 330 g/mol. The van der Waals surface area contributed by atoms with Crippen LogP contribution in [0.15, 0.2) is 24.3 Å². The number of nitrogens with one attached hydrogen (secondary N) is 1. The highest BCUT2D eigenvalue weighted by atomic mass is 35.5. The van der Waals surface area contributed by atoms with E-state index in [1.165, 1.54) is 11.8 Å². The predicted octanol–water partition coefficient (Wildman–Crippen LogP) is 1.02. The Morgan fingerprint density at radius 2 is 1.90 bits per heavy atom. The zero-order valence-corrected chi connectivity index (χ0v) is 12.6. The topological polar surface area (TPSA) is 109 Å². The van der Waals surface area contributed by atoms with Gasteiger partial charge in [-0.05, 0) is 17.7 Å². The van der Waals surface area contributed by atoms with Crippen LogP contribution < -0.4 is 11.1 Å². The lowest BCUT2D eigenvalue weighted by atomic mass is 10.2. The third kappa shape index (κ3) is 7.01. The minimum absolute atomic E-state index is 0.0885. The average molecular weight is 331 g/mol. The summed E-state index contributed by atoms with van der Waals surface area (Å²) < 4.78 is 0. The standard InChI is InChI=1S/C13H15ClN2O4S/c14-9-3-1-8(2-4-9)6-21-7-12(18)16-10(13(19)20)5-11(15)17/h1-4,10H,5-7H2,(H2,15,17)(H,16,18)(H,19,20)/t10-/m1/s1. The number of carbonyl (C=O) groups excluding carboxylic acids is 2. The van der Waals surface area contributed by atoms with Crippen molar-refractivity contribution >= 4 is 41.1 Å². The molecule has 1 aromatic rings. The highest BCUT2D eigenvalue weighted by molar-refractivity contribution is 7.99. The van der Waals surface area contributed by atoms with Crippen molar-refractivity contribution in [2.45, 2.75) is 18.2 Å². The summed E-state index contributed by atoms with van der Waals surface area (Å²) in [6, 6.07) is 5.92. The molecule has 0 aliphatic rings. The minimum Gasteiger partial charge on any atom is -0.480 e. The van der Waals surface area contributed by atoms with Crippen LogP contribution in [0.2, 0.25) is 5.02 Å². The van der Waals surface area contributed by atoms with Crippen molar-refractivity contribution in [3.63, 3.8) is 0 Å². The van der Waals surface area contributed by atoms with Gasteiger partial charge in [-0.2, -0.15) is 0 Å². The molecule has 8 heteroatoms. The van der Waals surface area contributed by atoms with Crippen LogP contribution in [-0.4, -0.2) is 34.7 Å². The summed E-state index contributed by atoms with van der Waals surface area (Å²) in [5, 5.41) is 11.8. The van der Waals surface area contributed by atoms with E-state index in [0.717, 1.165) is 5.56 Å². The van der Waals surface area contributed by atoms with Crippen molar-refractivity contribution in [1.29, 1.82) is 0 Å². The predicted molar refractivity (Wildman–Crippen MR) is 81.0 cm³/mol. The maximum absolute atomic E-state index is 11.6. The lowest BCUT2D eigenvalue weighted by Crippen LogP contribution is -2.44. The largest absolute Gasteiger partial charge is 0.480 e. The molecule has 0 bridgehead atoms. The van der Waals surface area contributed by atoms with Crippen molar-refractivity contribution < 1.29 is 19.5 Å². The number of benzene rings is 1. The maximum atomic E-state index is 11.6. The molecule has 4 N–H and O–H groups in total. The van der Waals surface area contributed by atoms with E-state index in [0.29, 0.717) is 10.8 Å². The Morgan fingerprint density at radius 1 is 1.29 bits per heavy atom. The molecule has 0 saturated carbocycles. The molecule has 0 radical (unpaired) electrons. The molecule has 1 rings (SSSR count). The number of primary amides is 1. The summed E-state index contributed by atoms with van der Waals surface area (Å²) in [4.78, 5) is 33.2. The molecule has 0 heterocycles. The van der Waals surface area contributed by atoms with Gasteiger partial charge in [-0.1, -0.05) is 23.7 Å². The molecule has 0 aliphatic heterocycles. The Bertz CT molecular complexity index is 521. The highest BCUT2D eigenvalue weighted by Crippen LogP contribution is 2.15. The van der Waals surface area contributed by atoms with Gasteiger partial charge in [-0.25, -0.2) is 4.79 Å². The Morgan fingerprint density at radius 3 is 2.43 bits per heavy atom. The molecule has 21 heavy (non-hydrogen) atoms. The van der Waals surface area contributed by atoms with E-state index in [1.54, 1.807) is 12.1 Å². The molecular weight excluding hydrogens is 316 g/mol. The van der Waals surface area contributed by atoms with Crippen LogP contribution in [0.4, 0.5) is 0 Å². The second-order valence-corrected chi connectivity index (χ2v) is 5.67.